The smallest absolute Gasteiger partial charge is 0.286 e. The molecule has 128 valence electrons. The first-order chi connectivity index (χ1) is 11.0. The van der Waals surface area contributed by atoms with Crippen LogP contribution in [0.1, 0.15) is 16.8 Å². The van der Waals surface area contributed by atoms with Crippen LogP contribution in [-0.4, -0.2) is 51.4 Å². The van der Waals surface area contributed by atoms with Crippen LogP contribution in [0.25, 0.3) is 0 Å². The Morgan fingerprint density at radius 2 is 2.04 bits per heavy atom. The maximum absolute atomic E-state index is 12.1. The maximum Gasteiger partial charge on any atom is 0.286 e. The Labute approximate surface area is 133 Å². The highest BCUT2D eigenvalue weighted by atomic mass is 16.6. The number of nitrogens with zero attached hydrogens (tertiary/aromatic N) is 1. The first kappa shape index (κ1) is 18.7. The third kappa shape index (κ3) is 5.38. The van der Waals surface area contributed by atoms with Crippen molar-refractivity contribution >= 4 is 11.6 Å². The molecule has 1 aromatic rings. The third-order valence-electron chi connectivity index (χ3n) is 2.93. The standard InChI is InChI=1S/C14H21N3O6/c1-21-6-7-23-13-9-11(17(19)20)10(8-12(13)22-2)14(18)16-5-3-4-15/h8-9H,3-7,15H2,1-2H3,(H,16,18). The zero-order valence-electron chi connectivity index (χ0n) is 13.2. The summed E-state index contributed by atoms with van der Waals surface area (Å²) in [7, 11) is 2.90. The van der Waals surface area contributed by atoms with E-state index in [1.165, 1.54) is 26.4 Å². The number of carbonyl (C=O) groups is 1. The minimum Gasteiger partial charge on any atom is -0.493 e. The van der Waals surface area contributed by atoms with Crippen LogP contribution in [0.15, 0.2) is 12.1 Å². The van der Waals surface area contributed by atoms with Gasteiger partial charge in [0.25, 0.3) is 11.6 Å². The van der Waals surface area contributed by atoms with Crippen LogP contribution >= 0.6 is 0 Å². The fourth-order valence-corrected chi connectivity index (χ4v) is 1.79. The maximum atomic E-state index is 12.1. The zero-order valence-corrected chi connectivity index (χ0v) is 13.2. The molecular weight excluding hydrogens is 306 g/mol. The van der Waals surface area contributed by atoms with Gasteiger partial charge in [-0.25, -0.2) is 0 Å². The minimum absolute atomic E-state index is 0.0945. The van der Waals surface area contributed by atoms with E-state index in [1.807, 2.05) is 0 Å². The molecule has 1 amide bonds. The summed E-state index contributed by atoms with van der Waals surface area (Å²) in [6, 6.07) is 2.46. The summed E-state index contributed by atoms with van der Waals surface area (Å²) in [6.07, 6.45) is 0.578. The number of nitrogens with one attached hydrogen (secondary N) is 1. The zero-order chi connectivity index (χ0) is 17.2. The normalized spacial score (nSPS) is 10.2. The molecule has 9 heteroatoms. The summed E-state index contributed by atoms with van der Waals surface area (Å²) in [4.78, 5) is 22.7. The van der Waals surface area contributed by atoms with E-state index in [9.17, 15) is 14.9 Å². The second kappa shape index (κ2) is 9.59. The molecule has 0 unspecified atom stereocenters. The molecule has 0 aromatic heterocycles. The van der Waals surface area contributed by atoms with Gasteiger partial charge in [-0.1, -0.05) is 0 Å². The van der Waals surface area contributed by atoms with Crippen molar-refractivity contribution in [3.05, 3.63) is 27.8 Å². The monoisotopic (exact) mass is 327 g/mol. The summed E-state index contributed by atoms with van der Waals surface area (Å²) in [5, 5.41) is 13.8. The predicted molar refractivity (Wildman–Crippen MR) is 83.0 cm³/mol. The van der Waals surface area contributed by atoms with E-state index in [4.69, 9.17) is 19.9 Å². The SMILES string of the molecule is COCCOc1cc([N+](=O)[O-])c(C(=O)NCCCN)cc1OC. The van der Waals surface area contributed by atoms with Crippen LogP contribution in [0.2, 0.25) is 0 Å². The summed E-state index contributed by atoms with van der Waals surface area (Å²) >= 11 is 0. The minimum atomic E-state index is -0.638. The molecule has 1 aromatic carbocycles. The van der Waals surface area contributed by atoms with Crippen LogP contribution in [0.4, 0.5) is 5.69 Å². The van der Waals surface area contributed by atoms with Gasteiger partial charge in [-0.2, -0.15) is 0 Å². The topological polar surface area (TPSA) is 126 Å². The number of nitrogens with two attached hydrogens (primary N) is 1. The number of nitro benzene ring substituents is 1. The van der Waals surface area contributed by atoms with Crippen LogP contribution in [0.3, 0.4) is 0 Å². The van der Waals surface area contributed by atoms with Crippen LogP contribution < -0.4 is 20.5 Å². The Morgan fingerprint density at radius 3 is 2.61 bits per heavy atom. The molecule has 0 spiro atoms. The van der Waals surface area contributed by atoms with Gasteiger partial charge < -0.3 is 25.3 Å². The number of rotatable bonds is 10. The number of hydrogen-bond acceptors (Lipinski definition) is 7. The quantitative estimate of drug-likeness (QED) is 0.368. The molecule has 0 fully saturated rings. The first-order valence-electron chi connectivity index (χ1n) is 7.01. The lowest BCUT2D eigenvalue weighted by molar-refractivity contribution is -0.385. The van der Waals surface area contributed by atoms with Crippen LogP contribution in [0.5, 0.6) is 11.5 Å². The molecule has 0 heterocycles. The molecule has 0 aliphatic rings. The Morgan fingerprint density at radius 1 is 1.30 bits per heavy atom. The average molecular weight is 327 g/mol. The van der Waals surface area contributed by atoms with Crippen molar-refractivity contribution in [1.29, 1.82) is 0 Å². The molecule has 0 bridgehead atoms. The molecule has 1 rings (SSSR count). The number of carbonyl (C=O) groups excluding carboxylic acids is 1. The number of benzene rings is 1. The summed E-state index contributed by atoms with van der Waals surface area (Å²) < 4.78 is 15.4. The number of methoxy groups -OCH3 is 2. The Bertz CT molecular complexity index is 550. The molecule has 3 N–H and O–H groups in total. The van der Waals surface area contributed by atoms with Crippen molar-refractivity contribution in [3.8, 4) is 11.5 Å². The highest BCUT2D eigenvalue weighted by Gasteiger charge is 2.24. The van der Waals surface area contributed by atoms with Crippen molar-refractivity contribution in [3.63, 3.8) is 0 Å². The molecule has 0 radical (unpaired) electrons. The first-order valence-corrected chi connectivity index (χ1v) is 7.01. The van der Waals surface area contributed by atoms with E-state index in [0.717, 1.165) is 0 Å². The van der Waals surface area contributed by atoms with E-state index < -0.39 is 10.8 Å². The Hall–Kier alpha value is -2.39. The molecular formula is C14H21N3O6. The van der Waals surface area contributed by atoms with Crippen molar-refractivity contribution in [1.82, 2.24) is 5.32 Å². The molecule has 23 heavy (non-hydrogen) atoms. The van der Waals surface area contributed by atoms with Gasteiger partial charge in [0.2, 0.25) is 0 Å². The van der Waals surface area contributed by atoms with Crippen molar-refractivity contribution in [2.45, 2.75) is 6.42 Å². The molecule has 0 atom stereocenters. The van der Waals surface area contributed by atoms with E-state index in [-0.39, 0.29) is 29.4 Å². The summed E-state index contributed by atoms with van der Waals surface area (Å²) in [6.45, 7) is 1.27. The number of hydrogen-bond donors (Lipinski definition) is 2. The van der Waals surface area contributed by atoms with Crippen molar-refractivity contribution in [2.75, 3.05) is 40.5 Å². The average Bonchev–Trinajstić information content (AvgIpc) is 2.54. The highest BCUT2D eigenvalue weighted by molar-refractivity contribution is 5.99. The molecule has 0 aliphatic heterocycles. The van der Waals surface area contributed by atoms with Crippen LogP contribution in [-0.2, 0) is 4.74 Å². The second-order valence-corrected chi connectivity index (χ2v) is 4.52. The number of amides is 1. The second-order valence-electron chi connectivity index (χ2n) is 4.52. The van der Waals surface area contributed by atoms with Crippen LogP contribution in [0, 0.1) is 10.1 Å². The van der Waals surface area contributed by atoms with Gasteiger partial charge in [-0.05, 0) is 13.0 Å². The van der Waals surface area contributed by atoms with Gasteiger partial charge in [0.1, 0.15) is 12.2 Å². The highest BCUT2D eigenvalue weighted by Crippen LogP contribution is 2.34. The van der Waals surface area contributed by atoms with E-state index in [2.05, 4.69) is 5.32 Å². The van der Waals surface area contributed by atoms with Crippen molar-refractivity contribution < 1.29 is 23.9 Å². The molecule has 9 nitrogen and oxygen atoms in total. The Kier molecular flexibility index (Phi) is 7.78. The predicted octanol–water partition coefficient (Wildman–Crippen LogP) is 0.707. The van der Waals surface area contributed by atoms with Gasteiger partial charge >= 0.3 is 0 Å². The van der Waals surface area contributed by atoms with Gasteiger partial charge in [0.15, 0.2) is 11.5 Å². The lowest BCUT2D eigenvalue weighted by atomic mass is 10.1. The third-order valence-corrected chi connectivity index (χ3v) is 2.93. The Balaban J connectivity index is 3.09. The van der Waals surface area contributed by atoms with Gasteiger partial charge in [-0.15, -0.1) is 0 Å². The number of nitro groups is 1. The molecule has 0 saturated carbocycles. The fraction of sp³-hybridized carbons (Fsp3) is 0.500. The van der Waals surface area contributed by atoms with E-state index in [1.54, 1.807) is 0 Å². The van der Waals surface area contributed by atoms with Gasteiger partial charge in [-0.3, -0.25) is 14.9 Å². The summed E-state index contributed by atoms with van der Waals surface area (Å²) in [5.74, 6) is -0.155. The summed E-state index contributed by atoms with van der Waals surface area (Å²) in [5.41, 5.74) is 4.90. The molecule has 0 aliphatic carbocycles. The van der Waals surface area contributed by atoms with E-state index >= 15 is 0 Å². The van der Waals surface area contributed by atoms with E-state index in [0.29, 0.717) is 26.1 Å². The fourth-order valence-electron chi connectivity index (χ4n) is 1.79. The lowest BCUT2D eigenvalue weighted by Gasteiger charge is -2.12. The van der Waals surface area contributed by atoms with Crippen molar-refractivity contribution in [2.24, 2.45) is 5.73 Å². The molecule has 0 saturated heterocycles. The largest absolute Gasteiger partial charge is 0.493 e. The lowest BCUT2D eigenvalue weighted by Crippen LogP contribution is -2.26. The van der Waals surface area contributed by atoms with Gasteiger partial charge in [0.05, 0.1) is 24.7 Å². The number of ether oxygens (including phenoxy) is 3. The van der Waals surface area contributed by atoms with Gasteiger partial charge in [0, 0.05) is 19.7 Å².